The van der Waals surface area contributed by atoms with Crippen LogP contribution in [0.1, 0.15) is 19.5 Å². The van der Waals surface area contributed by atoms with E-state index in [0.29, 0.717) is 29.0 Å². The van der Waals surface area contributed by atoms with Crippen LogP contribution >= 0.6 is 23.2 Å². The van der Waals surface area contributed by atoms with Crippen molar-refractivity contribution >= 4 is 40.0 Å². The zero-order valence-corrected chi connectivity index (χ0v) is 16.5. The molecule has 1 N–H and O–H groups in total. The summed E-state index contributed by atoms with van der Waals surface area (Å²) >= 11 is 12.4. The molecule has 0 aliphatic heterocycles. The Morgan fingerprint density at radius 3 is 2.69 bits per heavy atom. The molecule has 26 heavy (non-hydrogen) atoms. The molecule has 1 unspecified atom stereocenters. The van der Waals surface area contributed by atoms with Crippen molar-refractivity contribution in [3.05, 3.63) is 52.1 Å². The van der Waals surface area contributed by atoms with E-state index in [1.165, 1.54) is 0 Å². The molecule has 0 bridgehead atoms. The molecule has 0 fully saturated rings. The van der Waals surface area contributed by atoms with E-state index >= 15 is 0 Å². The highest BCUT2D eigenvalue weighted by atomic mass is 35.5. The molecule has 136 valence electrons. The molecule has 4 nitrogen and oxygen atoms in total. The number of nitrogens with one attached hydrogen (secondary N) is 1. The first kappa shape index (κ1) is 18.7. The number of hydrogen-bond donors (Lipinski definition) is 1. The van der Waals surface area contributed by atoms with Gasteiger partial charge in [-0.25, -0.2) is 0 Å². The van der Waals surface area contributed by atoms with E-state index in [-0.39, 0.29) is 5.92 Å². The third kappa shape index (κ3) is 3.57. The first-order chi connectivity index (χ1) is 12.4. The van der Waals surface area contributed by atoms with Crippen LogP contribution in [-0.2, 0) is 18.2 Å². The summed E-state index contributed by atoms with van der Waals surface area (Å²) in [6, 6.07) is 11.6. The van der Waals surface area contributed by atoms with Crippen LogP contribution in [0, 0.1) is 11.3 Å². The Bertz CT molecular complexity index is 965. The van der Waals surface area contributed by atoms with E-state index < -0.39 is 0 Å². The molecule has 1 heterocycles. The van der Waals surface area contributed by atoms with Crippen molar-refractivity contribution in [2.24, 2.45) is 13.0 Å². The Hall–Kier alpha value is -2.04. The van der Waals surface area contributed by atoms with Gasteiger partial charge in [-0.05, 0) is 19.1 Å². The van der Waals surface area contributed by atoms with Gasteiger partial charge < -0.3 is 4.74 Å². The van der Waals surface area contributed by atoms with Crippen molar-refractivity contribution in [2.75, 3.05) is 6.61 Å². The highest BCUT2D eigenvalue weighted by Crippen LogP contribution is 2.35. The molecule has 6 heteroatoms. The van der Waals surface area contributed by atoms with Gasteiger partial charge in [0.15, 0.2) is 5.90 Å². The van der Waals surface area contributed by atoms with Gasteiger partial charge in [0.1, 0.15) is 5.52 Å². The van der Waals surface area contributed by atoms with Gasteiger partial charge >= 0.3 is 0 Å². The van der Waals surface area contributed by atoms with Crippen LogP contribution in [0.5, 0.6) is 0 Å². The SMILES string of the molecule is CCOC(=N)C(C)Cc1c2cccc(-c3ccc(Cl)cc3Cl)c2nn1C. The summed E-state index contributed by atoms with van der Waals surface area (Å²) in [7, 11) is 1.93. The quantitative estimate of drug-likeness (QED) is 0.446. The average Bonchev–Trinajstić information content (AvgIpc) is 2.91. The normalized spacial score (nSPS) is 12.3. The monoisotopic (exact) mass is 389 g/mol. The predicted octanol–water partition coefficient (Wildman–Crippen LogP) is 5.74. The maximum absolute atomic E-state index is 8.02. The van der Waals surface area contributed by atoms with E-state index in [4.69, 9.17) is 38.4 Å². The molecule has 0 amide bonds. The van der Waals surface area contributed by atoms with Gasteiger partial charge in [0.25, 0.3) is 0 Å². The van der Waals surface area contributed by atoms with E-state index in [0.717, 1.165) is 27.7 Å². The minimum absolute atomic E-state index is 0.0173. The Labute approximate surface area is 163 Å². The van der Waals surface area contributed by atoms with Gasteiger partial charge in [0.05, 0.1) is 6.61 Å². The second-order valence-electron chi connectivity index (χ2n) is 6.30. The number of benzene rings is 2. The summed E-state index contributed by atoms with van der Waals surface area (Å²) in [6.07, 6.45) is 0.684. The highest BCUT2D eigenvalue weighted by Gasteiger charge is 2.19. The molecule has 0 saturated heterocycles. The van der Waals surface area contributed by atoms with Crippen LogP contribution in [-0.4, -0.2) is 22.3 Å². The second-order valence-corrected chi connectivity index (χ2v) is 7.14. The van der Waals surface area contributed by atoms with E-state index in [9.17, 15) is 0 Å². The first-order valence-electron chi connectivity index (χ1n) is 8.53. The molecule has 1 aromatic heterocycles. The molecular formula is C20H21Cl2N3O. The molecule has 0 radical (unpaired) electrons. The number of fused-ring (bicyclic) bond motifs is 1. The number of rotatable bonds is 5. The van der Waals surface area contributed by atoms with Crippen LogP contribution < -0.4 is 0 Å². The Morgan fingerprint density at radius 1 is 1.23 bits per heavy atom. The largest absolute Gasteiger partial charge is 0.481 e. The lowest BCUT2D eigenvalue weighted by Gasteiger charge is -2.13. The summed E-state index contributed by atoms with van der Waals surface area (Å²) < 4.78 is 7.23. The lowest BCUT2D eigenvalue weighted by Crippen LogP contribution is -2.17. The third-order valence-electron chi connectivity index (χ3n) is 4.46. The standard InChI is InChI=1S/C20H21Cl2N3O/c1-4-26-20(23)12(2)10-18-16-7-5-6-15(19(16)24-25(18)3)14-9-8-13(21)11-17(14)22/h5-9,11-12,23H,4,10H2,1-3H3. The number of aryl methyl sites for hydroxylation is 1. The van der Waals surface area contributed by atoms with Crippen LogP contribution in [0.3, 0.4) is 0 Å². The minimum Gasteiger partial charge on any atom is -0.481 e. The number of aromatic nitrogens is 2. The number of hydrogen-bond acceptors (Lipinski definition) is 3. The van der Waals surface area contributed by atoms with Crippen molar-refractivity contribution in [1.29, 1.82) is 5.41 Å². The minimum atomic E-state index is -0.0173. The summed E-state index contributed by atoms with van der Waals surface area (Å²) in [5.74, 6) is 0.287. The lowest BCUT2D eigenvalue weighted by atomic mass is 9.99. The lowest BCUT2D eigenvalue weighted by molar-refractivity contribution is 0.298. The highest BCUT2D eigenvalue weighted by molar-refractivity contribution is 6.36. The maximum atomic E-state index is 8.02. The van der Waals surface area contributed by atoms with Crippen molar-refractivity contribution in [3.63, 3.8) is 0 Å². The summed E-state index contributed by atoms with van der Waals surface area (Å²) in [6.45, 7) is 4.40. The fourth-order valence-electron chi connectivity index (χ4n) is 3.12. The molecular weight excluding hydrogens is 369 g/mol. The number of nitrogens with zero attached hydrogens (tertiary/aromatic N) is 2. The summed E-state index contributed by atoms with van der Waals surface area (Å²) in [5.41, 5.74) is 3.84. The molecule has 0 saturated carbocycles. The topological polar surface area (TPSA) is 50.9 Å². The fourth-order valence-corrected chi connectivity index (χ4v) is 3.63. The number of ether oxygens (including phenoxy) is 1. The van der Waals surface area contributed by atoms with Gasteiger partial charge in [-0.1, -0.05) is 54.4 Å². The van der Waals surface area contributed by atoms with Gasteiger partial charge in [-0.15, -0.1) is 0 Å². The Morgan fingerprint density at radius 2 is 2.00 bits per heavy atom. The predicted molar refractivity (Wildman–Crippen MR) is 108 cm³/mol. The van der Waals surface area contributed by atoms with E-state index in [1.54, 1.807) is 6.07 Å². The van der Waals surface area contributed by atoms with E-state index in [2.05, 4.69) is 6.07 Å². The van der Waals surface area contributed by atoms with Gasteiger partial charge in [-0.2, -0.15) is 5.10 Å². The zero-order chi connectivity index (χ0) is 18.8. The molecule has 3 rings (SSSR count). The number of halogens is 2. The molecule has 2 aromatic carbocycles. The fraction of sp³-hybridized carbons (Fsp3) is 0.300. The molecule has 0 aliphatic carbocycles. The smallest absolute Gasteiger partial charge is 0.183 e. The Kier molecular flexibility index (Phi) is 5.54. The molecule has 0 spiro atoms. The van der Waals surface area contributed by atoms with E-state index in [1.807, 2.05) is 49.8 Å². The van der Waals surface area contributed by atoms with Gasteiger partial charge in [-0.3, -0.25) is 10.1 Å². The zero-order valence-electron chi connectivity index (χ0n) is 15.0. The van der Waals surface area contributed by atoms with Crippen LogP contribution in [0.4, 0.5) is 0 Å². The maximum Gasteiger partial charge on any atom is 0.183 e. The van der Waals surface area contributed by atoms with Crippen molar-refractivity contribution < 1.29 is 4.74 Å². The van der Waals surface area contributed by atoms with Gasteiger partial charge in [0.2, 0.25) is 0 Å². The molecule has 3 aromatic rings. The average molecular weight is 390 g/mol. The summed E-state index contributed by atoms with van der Waals surface area (Å²) in [5, 5.41) is 15.0. The summed E-state index contributed by atoms with van der Waals surface area (Å²) in [4.78, 5) is 0. The van der Waals surface area contributed by atoms with Crippen molar-refractivity contribution in [1.82, 2.24) is 9.78 Å². The Balaban J connectivity index is 2.06. The first-order valence-corrected chi connectivity index (χ1v) is 9.29. The van der Waals surface area contributed by atoms with Gasteiger partial charge in [0, 0.05) is 51.6 Å². The molecule has 1 atom stereocenters. The molecule has 0 aliphatic rings. The third-order valence-corrected chi connectivity index (χ3v) is 5.00. The van der Waals surface area contributed by atoms with Crippen LogP contribution in [0.2, 0.25) is 10.0 Å². The van der Waals surface area contributed by atoms with Crippen molar-refractivity contribution in [2.45, 2.75) is 20.3 Å². The van der Waals surface area contributed by atoms with Crippen molar-refractivity contribution in [3.8, 4) is 11.1 Å². The second kappa shape index (κ2) is 7.68. The van der Waals surface area contributed by atoms with Crippen LogP contribution in [0.25, 0.3) is 22.0 Å². The van der Waals surface area contributed by atoms with Crippen LogP contribution in [0.15, 0.2) is 36.4 Å².